The number of fused-ring (bicyclic) bond motifs is 2. The fourth-order valence-electron chi connectivity index (χ4n) is 2.22. The second-order valence-electron chi connectivity index (χ2n) is 4.15. The molecule has 0 unspecified atom stereocenters. The molecule has 5 heteroatoms. The first-order chi connectivity index (χ1) is 8.48. The van der Waals surface area contributed by atoms with E-state index in [2.05, 4.69) is 0 Å². The van der Waals surface area contributed by atoms with Crippen LogP contribution < -0.4 is 0 Å². The summed E-state index contributed by atoms with van der Waals surface area (Å²) in [5.74, 6) is 0. The summed E-state index contributed by atoms with van der Waals surface area (Å²) >= 11 is 0. The van der Waals surface area contributed by atoms with Crippen molar-refractivity contribution in [1.29, 1.82) is 0 Å². The van der Waals surface area contributed by atoms with E-state index in [9.17, 15) is 8.42 Å². The number of aryl methyl sites for hydroxylation is 1. The van der Waals surface area contributed by atoms with Gasteiger partial charge in [-0.2, -0.15) is 8.42 Å². The average molecular weight is 262 g/mol. The van der Waals surface area contributed by atoms with Gasteiger partial charge in [-0.25, -0.2) is 0 Å². The van der Waals surface area contributed by atoms with Crippen LogP contribution in [0.4, 0.5) is 0 Å². The van der Waals surface area contributed by atoms with Crippen LogP contribution in [0.1, 0.15) is 5.56 Å². The minimum Gasteiger partial charge on any atom is -0.455 e. The molecule has 1 aromatic carbocycles. The molecule has 0 atom stereocenters. The first-order valence-corrected chi connectivity index (χ1v) is 6.81. The molecule has 0 aliphatic heterocycles. The molecule has 2 heterocycles. The first kappa shape index (κ1) is 11.3. The number of hydrogen-bond donors (Lipinski definition) is 1. The molecule has 0 amide bonds. The summed E-state index contributed by atoms with van der Waals surface area (Å²) in [4.78, 5) is -0.128. The zero-order valence-electron chi connectivity index (χ0n) is 9.54. The van der Waals surface area contributed by atoms with E-state index in [1.54, 1.807) is 13.0 Å². The first-order valence-electron chi connectivity index (χ1n) is 5.37. The molecule has 0 saturated heterocycles. The number of benzene rings is 2. The lowest BCUT2D eigenvalue weighted by Gasteiger charge is -2.01. The molecule has 1 N–H and O–H groups in total. The van der Waals surface area contributed by atoms with E-state index in [0.29, 0.717) is 11.1 Å². The van der Waals surface area contributed by atoms with E-state index >= 15 is 0 Å². The number of rotatable bonds is 2. The Morgan fingerprint density at radius 3 is 2.39 bits per heavy atom. The zero-order valence-corrected chi connectivity index (χ0v) is 10.4. The summed E-state index contributed by atoms with van der Waals surface area (Å²) in [5.41, 5.74) is 2.95. The van der Waals surface area contributed by atoms with Crippen LogP contribution in [0.5, 0.6) is 0 Å². The van der Waals surface area contributed by atoms with E-state index in [1.807, 2.05) is 30.3 Å². The Hall–Kier alpha value is -1.85. The largest absolute Gasteiger partial charge is 0.455 e. The van der Waals surface area contributed by atoms with Gasteiger partial charge in [-0.1, -0.05) is 30.3 Å². The molecule has 2 aromatic heterocycles. The highest BCUT2D eigenvalue weighted by atomic mass is 32.2. The van der Waals surface area contributed by atoms with Crippen LogP contribution in [0.15, 0.2) is 45.7 Å². The second-order valence-corrected chi connectivity index (χ2v) is 5.51. The lowest BCUT2D eigenvalue weighted by atomic mass is 10.0. The van der Waals surface area contributed by atoms with Crippen molar-refractivity contribution in [1.82, 2.24) is 0 Å². The highest BCUT2D eigenvalue weighted by molar-refractivity contribution is 7.86. The van der Waals surface area contributed by atoms with Gasteiger partial charge in [-0.3, -0.25) is 4.55 Å². The monoisotopic (exact) mass is 262 g/mol. The molecule has 3 rings (SSSR count). The minimum atomic E-state index is -4.24. The van der Waals surface area contributed by atoms with Crippen molar-refractivity contribution >= 4 is 21.3 Å². The maximum atomic E-state index is 11.2. The third kappa shape index (κ3) is 1.52. The maximum absolute atomic E-state index is 11.2. The van der Waals surface area contributed by atoms with E-state index in [1.165, 1.54) is 0 Å². The van der Waals surface area contributed by atoms with E-state index in [0.717, 1.165) is 11.1 Å². The van der Waals surface area contributed by atoms with Crippen LogP contribution >= 0.6 is 0 Å². The van der Waals surface area contributed by atoms with Crippen LogP contribution in [0.25, 0.3) is 22.3 Å². The molecule has 0 aliphatic rings. The van der Waals surface area contributed by atoms with Gasteiger partial charge in [0, 0.05) is 11.1 Å². The summed E-state index contributed by atoms with van der Waals surface area (Å²) in [5, 5.41) is 0. The Labute approximate surface area is 104 Å². The van der Waals surface area contributed by atoms with Gasteiger partial charge >= 0.3 is 0 Å². The molecule has 92 valence electrons. The van der Waals surface area contributed by atoms with Crippen molar-refractivity contribution in [2.24, 2.45) is 0 Å². The minimum absolute atomic E-state index is 0.128. The molecular weight excluding hydrogens is 252 g/mol. The third-order valence-corrected chi connectivity index (χ3v) is 4.00. The van der Waals surface area contributed by atoms with Crippen LogP contribution in [0.2, 0.25) is 0 Å². The number of hydrogen-bond acceptors (Lipinski definition) is 3. The van der Waals surface area contributed by atoms with Crippen LogP contribution in [-0.2, 0) is 10.1 Å². The topological polar surface area (TPSA) is 67.5 Å². The lowest BCUT2D eigenvalue weighted by molar-refractivity contribution is 0.483. The predicted octanol–water partition coefficient (Wildman–Crippen LogP) is 3.09. The molecule has 3 aromatic rings. The van der Waals surface area contributed by atoms with E-state index in [-0.39, 0.29) is 10.5 Å². The standard InChI is InChI=1S/C13H10O4S/c1-8-12-10(9-5-3-2-4-6-9)7-11(17-12)13(8)18(14,15)16/h2-7H,1H3,(H,14,15,16). The maximum Gasteiger partial charge on any atom is 0.298 e. The SMILES string of the molecule is Cc1c(S(=O)(=O)O)c2cc(-c3ccccc3)c1o2. The summed E-state index contributed by atoms with van der Waals surface area (Å²) < 4.78 is 37.0. The van der Waals surface area contributed by atoms with Crippen molar-refractivity contribution in [2.45, 2.75) is 11.8 Å². The van der Waals surface area contributed by atoms with E-state index in [4.69, 9.17) is 8.97 Å². The van der Waals surface area contributed by atoms with Gasteiger partial charge in [-0.05, 0) is 18.6 Å². The summed E-state index contributed by atoms with van der Waals surface area (Å²) in [6.45, 7) is 1.63. The van der Waals surface area contributed by atoms with Gasteiger partial charge in [0.25, 0.3) is 10.1 Å². The van der Waals surface area contributed by atoms with Gasteiger partial charge in [0.05, 0.1) is 0 Å². The third-order valence-electron chi connectivity index (χ3n) is 2.98. The zero-order chi connectivity index (χ0) is 12.9. The molecular formula is C13H10O4S. The summed E-state index contributed by atoms with van der Waals surface area (Å²) in [6.07, 6.45) is 0. The fourth-order valence-corrected chi connectivity index (χ4v) is 3.06. The van der Waals surface area contributed by atoms with Gasteiger partial charge in [0.2, 0.25) is 0 Å². The Bertz CT molecular complexity index is 800. The van der Waals surface area contributed by atoms with E-state index < -0.39 is 10.1 Å². The van der Waals surface area contributed by atoms with Crippen LogP contribution in [0.3, 0.4) is 0 Å². The van der Waals surface area contributed by atoms with Crippen LogP contribution in [0, 0.1) is 6.92 Å². The summed E-state index contributed by atoms with van der Waals surface area (Å²) in [7, 11) is -4.24. The lowest BCUT2D eigenvalue weighted by Crippen LogP contribution is -1.99. The molecule has 0 saturated carbocycles. The highest BCUT2D eigenvalue weighted by Crippen LogP contribution is 2.39. The normalized spacial score (nSPS) is 12.3. The van der Waals surface area contributed by atoms with Crippen molar-refractivity contribution in [2.75, 3.05) is 0 Å². The summed E-state index contributed by atoms with van der Waals surface area (Å²) in [6, 6.07) is 11.2. The van der Waals surface area contributed by atoms with Gasteiger partial charge < -0.3 is 4.42 Å². The molecule has 0 radical (unpaired) electrons. The predicted molar refractivity (Wildman–Crippen MR) is 67.4 cm³/mol. The average Bonchev–Trinajstić information content (AvgIpc) is 2.86. The van der Waals surface area contributed by atoms with Crippen molar-refractivity contribution in [3.05, 3.63) is 42.0 Å². The quantitative estimate of drug-likeness (QED) is 0.720. The van der Waals surface area contributed by atoms with Gasteiger partial charge in [-0.15, -0.1) is 0 Å². The molecule has 4 nitrogen and oxygen atoms in total. The number of furan rings is 2. The van der Waals surface area contributed by atoms with Crippen LogP contribution in [-0.4, -0.2) is 13.0 Å². The van der Waals surface area contributed by atoms with Crippen molar-refractivity contribution < 1.29 is 17.4 Å². The Morgan fingerprint density at radius 1 is 1.17 bits per heavy atom. The fraction of sp³-hybridized carbons (Fsp3) is 0.0769. The van der Waals surface area contributed by atoms with Gasteiger partial charge in [0.1, 0.15) is 16.1 Å². The molecule has 0 spiro atoms. The molecule has 0 fully saturated rings. The smallest absolute Gasteiger partial charge is 0.298 e. The molecule has 18 heavy (non-hydrogen) atoms. The van der Waals surface area contributed by atoms with Crippen molar-refractivity contribution in [3.63, 3.8) is 0 Å². The molecule has 2 bridgehead atoms. The Morgan fingerprint density at radius 2 is 1.83 bits per heavy atom. The Balaban J connectivity index is 2.28. The van der Waals surface area contributed by atoms with Gasteiger partial charge in [0.15, 0.2) is 0 Å². The molecule has 0 aliphatic carbocycles. The highest BCUT2D eigenvalue weighted by Gasteiger charge is 2.26. The second kappa shape index (κ2) is 3.57. The Kier molecular flexibility index (Phi) is 2.23. The van der Waals surface area contributed by atoms with Crippen molar-refractivity contribution in [3.8, 4) is 11.1 Å².